The van der Waals surface area contributed by atoms with Crippen LogP contribution in [0.1, 0.15) is 18.4 Å². The quantitative estimate of drug-likeness (QED) is 0.770. The highest BCUT2D eigenvalue weighted by atomic mass is 35.5. The molecule has 0 aliphatic heterocycles. The first-order chi connectivity index (χ1) is 6.04. The van der Waals surface area contributed by atoms with Crippen molar-refractivity contribution in [1.82, 2.24) is 0 Å². The molecule has 3 nitrogen and oxygen atoms in total. The van der Waals surface area contributed by atoms with Crippen molar-refractivity contribution in [3.63, 3.8) is 0 Å². The van der Waals surface area contributed by atoms with E-state index >= 15 is 0 Å². The monoisotopic (exact) mass is 200 g/mol. The van der Waals surface area contributed by atoms with Gasteiger partial charge in [0.2, 0.25) is 0 Å². The summed E-state index contributed by atoms with van der Waals surface area (Å²) in [7, 11) is 0. The normalized spacial score (nSPS) is 12.5. The molecule has 4 heteroatoms. The maximum atomic E-state index is 10.6. The summed E-state index contributed by atoms with van der Waals surface area (Å²) in [6.07, 6.45) is 0. The Morgan fingerprint density at radius 1 is 1.54 bits per heavy atom. The van der Waals surface area contributed by atoms with E-state index in [0.29, 0.717) is 0 Å². The van der Waals surface area contributed by atoms with Crippen molar-refractivity contribution in [2.75, 3.05) is 0 Å². The van der Waals surface area contributed by atoms with Crippen molar-refractivity contribution in [3.8, 4) is 5.75 Å². The Balaban J connectivity index is 3.20. The molecule has 70 valence electrons. The van der Waals surface area contributed by atoms with E-state index < -0.39 is 11.9 Å². The highest BCUT2D eigenvalue weighted by Crippen LogP contribution is 2.32. The zero-order chi connectivity index (χ0) is 10.0. The summed E-state index contributed by atoms with van der Waals surface area (Å²) in [5.41, 5.74) is 0.261. The molecule has 0 aliphatic carbocycles. The van der Waals surface area contributed by atoms with Crippen LogP contribution in [0.25, 0.3) is 0 Å². The first kappa shape index (κ1) is 9.86. The average molecular weight is 201 g/mol. The van der Waals surface area contributed by atoms with Gasteiger partial charge in [-0.2, -0.15) is 0 Å². The molecule has 13 heavy (non-hydrogen) atoms. The summed E-state index contributed by atoms with van der Waals surface area (Å²) in [6.45, 7) is 1.48. The predicted molar refractivity (Wildman–Crippen MR) is 49.2 cm³/mol. The number of aromatic hydroxyl groups is 1. The highest BCUT2D eigenvalue weighted by Gasteiger charge is 2.19. The number of hydrogen-bond acceptors (Lipinski definition) is 2. The lowest BCUT2D eigenvalue weighted by Crippen LogP contribution is -2.08. The second-order valence-corrected chi connectivity index (χ2v) is 3.14. The molecule has 1 aromatic rings. The van der Waals surface area contributed by atoms with Crippen molar-refractivity contribution in [3.05, 3.63) is 28.8 Å². The molecule has 1 aromatic carbocycles. The number of halogens is 1. The van der Waals surface area contributed by atoms with E-state index in [1.54, 1.807) is 12.1 Å². The minimum absolute atomic E-state index is 0.0811. The molecule has 0 fully saturated rings. The van der Waals surface area contributed by atoms with E-state index in [-0.39, 0.29) is 16.3 Å². The van der Waals surface area contributed by atoms with Gasteiger partial charge in [-0.15, -0.1) is 0 Å². The summed E-state index contributed by atoms with van der Waals surface area (Å²) in [4.78, 5) is 10.6. The van der Waals surface area contributed by atoms with Gasteiger partial charge in [0.05, 0.1) is 5.92 Å². The molecule has 0 amide bonds. The third kappa shape index (κ3) is 1.92. The molecule has 0 aromatic heterocycles. The molecule has 0 saturated heterocycles. The fourth-order valence-corrected chi connectivity index (χ4v) is 1.41. The lowest BCUT2D eigenvalue weighted by Gasteiger charge is -2.10. The Morgan fingerprint density at radius 3 is 2.62 bits per heavy atom. The van der Waals surface area contributed by atoms with E-state index in [1.807, 2.05) is 0 Å². The van der Waals surface area contributed by atoms with Gasteiger partial charge in [-0.25, -0.2) is 0 Å². The van der Waals surface area contributed by atoms with Crippen molar-refractivity contribution in [1.29, 1.82) is 0 Å². The van der Waals surface area contributed by atoms with Gasteiger partial charge < -0.3 is 10.2 Å². The van der Waals surface area contributed by atoms with Gasteiger partial charge in [0.25, 0.3) is 0 Å². The number of aliphatic carboxylic acids is 1. The van der Waals surface area contributed by atoms with Crippen LogP contribution in [0.2, 0.25) is 5.02 Å². The molecule has 0 heterocycles. The zero-order valence-electron chi connectivity index (χ0n) is 6.99. The highest BCUT2D eigenvalue weighted by molar-refractivity contribution is 6.31. The van der Waals surface area contributed by atoms with Gasteiger partial charge in [-0.1, -0.05) is 17.7 Å². The van der Waals surface area contributed by atoms with Crippen LogP contribution in [-0.4, -0.2) is 16.2 Å². The summed E-state index contributed by atoms with van der Waals surface area (Å²) >= 11 is 5.75. The van der Waals surface area contributed by atoms with Crippen LogP contribution in [0.15, 0.2) is 18.2 Å². The summed E-state index contributed by atoms with van der Waals surface area (Å²) in [5.74, 6) is -1.89. The minimum Gasteiger partial charge on any atom is -0.508 e. The number of hydrogen-bond donors (Lipinski definition) is 2. The molecule has 0 bridgehead atoms. The Labute approximate surface area is 80.6 Å². The average Bonchev–Trinajstić information content (AvgIpc) is 2.03. The van der Waals surface area contributed by atoms with Crippen LogP contribution in [-0.2, 0) is 4.79 Å². The Bertz CT molecular complexity index is 315. The maximum absolute atomic E-state index is 10.6. The molecule has 2 N–H and O–H groups in total. The van der Waals surface area contributed by atoms with Gasteiger partial charge in [0.1, 0.15) is 5.75 Å². The van der Waals surface area contributed by atoms with Crippen molar-refractivity contribution in [2.24, 2.45) is 0 Å². The van der Waals surface area contributed by atoms with Crippen LogP contribution >= 0.6 is 11.6 Å². The number of rotatable bonds is 2. The molecule has 1 unspecified atom stereocenters. The molecular formula is C9H9ClO3. The molecular weight excluding hydrogens is 192 g/mol. The van der Waals surface area contributed by atoms with E-state index in [2.05, 4.69) is 0 Å². The maximum Gasteiger partial charge on any atom is 0.310 e. The third-order valence-electron chi connectivity index (χ3n) is 1.83. The van der Waals surface area contributed by atoms with Crippen molar-refractivity contribution < 1.29 is 15.0 Å². The number of carbonyl (C=O) groups is 1. The SMILES string of the molecule is CC(C(=O)O)c1c(O)cccc1Cl. The Kier molecular flexibility index (Phi) is 2.78. The largest absolute Gasteiger partial charge is 0.508 e. The number of carboxylic acids is 1. The zero-order valence-corrected chi connectivity index (χ0v) is 7.75. The topological polar surface area (TPSA) is 57.5 Å². The number of phenols is 1. The molecule has 1 atom stereocenters. The fraction of sp³-hybridized carbons (Fsp3) is 0.222. The summed E-state index contributed by atoms with van der Waals surface area (Å²) in [6, 6.07) is 4.53. The van der Waals surface area contributed by atoms with Crippen LogP contribution in [0, 0.1) is 0 Å². The van der Waals surface area contributed by atoms with Gasteiger partial charge in [0, 0.05) is 10.6 Å². The van der Waals surface area contributed by atoms with Crippen LogP contribution in [0.5, 0.6) is 5.75 Å². The molecule has 0 saturated carbocycles. The van der Waals surface area contributed by atoms with Crippen LogP contribution in [0.4, 0.5) is 0 Å². The van der Waals surface area contributed by atoms with Crippen molar-refractivity contribution >= 4 is 17.6 Å². The fourth-order valence-electron chi connectivity index (χ4n) is 1.08. The second kappa shape index (κ2) is 3.66. The van der Waals surface area contributed by atoms with Gasteiger partial charge in [-0.05, 0) is 19.1 Å². The van der Waals surface area contributed by atoms with Gasteiger partial charge in [0.15, 0.2) is 0 Å². The van der Waals surface area contributed by atoms with Crippen LogP contribution in [0.3, 0.4) is 0 Å². The first-order valence-corrected chi connectivity index (χ1v) is 4.12. The van der Waals surface area contributed by atoms with Gasteiger partial charge >= 0.3 is 5.97 Å². The van der Waals surface area contributed by atoms with E-state index in [0.717, 1.165) is 0 Å². The van der Waals surface area contributed by atoms with Gasteiger partial charge in [-0.3, -0.25) is 4.79 Å². The second-order valence-electron chi connectivity index (χ2n) is 2.73. The molecule has 0 spiro atoms. The summed E-state index contributed by atoms with van der Waals surface area (Å²) in [5, 5.41) is 18.4. The predicted octanol–water partition coefficient (Wildman–Crippen LogP) is 2.23. The molecule has 1 rings (SSSR count). The smallest absolute Gasteiger partial charge is 0.310 e. The number of phenolic OH excluding ortho intramolecular Hbond substituents is 1. The molecule has 0 aliphatic rings. The lowest BCUT2D eigenvalue weighted by atomic mass is 10.0. The van der Waals surface area contributed by atoms with Crippen molar-refractivity contribution in [2.45, 2.75) is 12.8 Å². The first-order valence-electron chi connectivity index (χ1n) is 3.74. The van der Waals surface area contributed by atoms with E-state index in [4.69, 9.17) is 16.7 Å². The molecule has 0 radical (unpaired) electrons. The van der Waals surface area contributed by atoms with E-state index in [1.165, 1.54) is 13.0 Å². The Hall–Kier alpha value is -1.22. The number of carboxylic acid groups (broad SMARTS) is 1. The lowest BCUT2D eigenvalue weighted by molar-refractivity contribution is -0.138. The van der Waals surface area contributed by atoms with E-state index in [9.17, 15) is 9.90 Å². The summed E-state index contributed by atoms with van der Waals surface area (Å²) < 4.78 is 0. The minimum atomic E-state index is -1.01. The Morgan fingerprint density at radius 2 is 2.15 bits per heavy atom. The third-order valence-corrected chi connectivity index (χ3v) is 2.16. The van der Waals surface area contributed by atoms with Crippen LogP contribution < -0.4 is 0 Å². The number of benzene rings is 1. The standard InChI is InChI=1S/C9H9ClO3/c1-5(9(12)13)8-6(10)3-2-4-7(8)11/h2-5,11H,1H3,(H,12,13).